The second-order valence-corrected chi connectivity index (χ2v) is 5.08. The molecule has 0 aliphatic rings. The Balaban J connectivity index is 2.45. The molecule has 0 radical (unpaired) electrons. The number of carbonyl (C=O) groups is 1. The first-order valence-electron chi connectivity index (χ1n) is 7.72. The zero-order valence-electron chi connectivity index (χ0n) is 12.9. The van der Waals surface area contributed by atoms with Crippen molar-refractivity contribution in [3.8, 4) is 5.75 Å². The lowest BCUT2D eigenvalue weighted by molar-refractivity contribution is 0.0946. The van der Waals surface area contributed by atoms with Crippen LogP contribution in [0.15, 0.2) is 24.3 Å². The maximum Gasteiger partial charge on any atom is 0.251 e. The average molecular weight is 277 g/mol. The molecular formula is C17H27NO2. The molecule has 1 rings (SSSR count). The highest BCUT2D eigenvalue weighted by Gasteiger charge is 2.10. The van der Waals surface area contributed by atoms with Crippen LogP contribution >= 0.6 is 0 Å². The molecule has 0 aliphatic heterocycles. The number of hydrogen-bond donors (Lipinski definition) is 1. The van der Waals surface area contributed by atoms with E-state index in [0.717, 1.165) is 18.7 Å². The summed E-state index contributed by atoms with van der Waals surface area (Å²) < 4.78 is 5.37. The van der Waals surface area contributed by atoms with Crippen molar-refractivity contribution in [3.05, 3.63) is 29.8 Å². The molecular weight excluding hydrogens is 250 g/mol. The van der Waals surface area contributed by atoms with Crippen LogP contribution in [0.4, 0.5) is 0 Å². The third-order valence-corrected chi connectivity index (χ3v) is 3.52. The number of hydrogen-bond acceptors (Lipinski definition) is 2. The largest absolute Gasteiger partial charge is 0.494 e. The van der Waals surface area contributed by atoms with Gasteiger partial charge in [0.15, 0.2) is 0 Å². The van der Waals surface area contributed by atoms with Gasteiger partial charge in [0.1, 0.15) is 5.75 Å². The summed E-state index contributed by atoms with van der Waals surface area (Å²) >= 11 is 0. The topological polar surface area (TPSA) is 38.3 Å². The van der Waals surface area contributed by atoms with Crippen molar-refractivity contribution in [3.63, 3.8) is 0 Å². The smallest absolute Gasteiger partial charge is 0.251 e. The van der Waals surface area contributed by atoms with Crippen molar-refractivity contribution in [1.82, 2.24) is 5.32 Å². The molecule has 0 bridgehead atoms. The van der Waals surface area contributed by atoms with E-state index in [2.05, 4.69) is 19.2 Å². The molecule has 0 spiro atoms. The monoisotopic (exact) mass is 277 g/mol. The molecule has 0 saturated heterocycles. The number of rotatable bonds is 9. The van der Waals surface area contributed by atoms with Crippen molar-refractivity contribution < 1.29 is 9.53 Å². The van der Waals surface area contributed by atoms with Gasteiger partial charge >= 0.3 is 0 Å². The lowest BCUT2D eigenvalue weighted by Gasteiger charge is -2.15. The average Bonchev–Trinajstić information content (AvgIpc) is 2.48. The first kappa shape index (κ1) is 16.5. The molecule has 1 aromatic rings. The molecule has 0 heterocycles. The quantitative estimate of drug-likeness (QED) is 0.740. The van der Waals surface area contributed by atoms with Gasteiger partial charge < -0.3 is 10.1 Å². The standard InChI is InChI=1S/C17H27NO2/c1-4-7-8-14(5-2)13-18-17(19)15-9-11-16(12-10-15)20-6-3/h9-12,14H,4-8,13H2,1-3H3,(H,18,19)/t14-/m0/s1. The zero-order chi connectivity index (χ0) is 14.8. The van der Waals surface area contributed by atoms with Gasteiger partial charge in [-0.2, -0.15) is 0 Å². The third kappa shape index (κ3) is 5.64. The molecule has 1 atom stereocenters. The minimum absolute atomic E-state index is 0.00277. The Bertz CT molecular complexity index is 386. The van der Waals surface area contributed by atoms with Gasteiger partial charge in [0.2, 0.25) is 0 Å². The van der Waals surface area contributed by atoms with E-state index in [1.54, 1.807) is 0 Å². The fraction of sp³-hybridized carbons (Fsp3) is 0.588. The lowest BCUT2D eigenvalue weighted by Crippen LogP contribution is -2.29. The molecule has 1 aromatic carbocycles. The van der Waals surface area contributed by atoms with Crippen molar-refractivity contribution in [2.75, 3.05) is 13.2 Å². The molecule has 1 amide bonds. The van der Waals surface area contributed by atoms with E-state index in [9.17, 15) is 4.79 Å². The fourth-order valence-corrected chi connectivity index (χ4v) is 2.15. The maximum absolute atomic E-state index is 12.1. The van der Waals surface area contributed by atoms with E-state index in [4.69, 9.17) is 4.74 Å². The minimum Gasteiger partial charge on any atom is -0.494 e. The predicted molar refractivity (Wildman–Crippen MR) is 83.3 cm³/mol. The number of ether oxygens (including phenoxy) is 1. The van der Waals surface area contributed by atoms with Gasteiger partial charge in [-0.3, -0.25) is 4.79 Å². The summed E-state index contributed by atoms with van der Waals surface area (Å²) in [6.45, 7) is 7.74. The normalized spacial score (nSPS) is 11.9. The summed E-state index contributed by atoms with van der Waals surface area (Å²) in [6, 6.07) is 7.31. The number of unbranched alkanes of at least 4 members (excludes halogenated alkanes) is 1. The zero-order valence-corrected chi connectivity index (χ0v) is 12.9. The molecule has 0 unspecified atom stereocenters. The Kier molecular flexibility index (Phi) is 7.78. The van der Waals surface area contributed by atoms with Crippen LogP contribution in [0.1, 0.15) is 56.8 Å². The lowest BCUT2D eigenvalue weighted by atomic mass is 9.99. The van der Waals surface area contributed by atoms with E-state index in [0.29, 0.717) is 18.1 Å². The van der Waals surface area contributed by atoms with E-state index >= 15 is 0 Å². The van der Waals surface area contributed by atoms with Crippen LogP contribution in [0.3, 0.4) is 0 Å². The fourth-order valence-electron chi connectivity index (χ4n) is 2.15. The van der Waals surface area contributed by atoms with Crippen LogP contribution in [0.25, 0.3) is 0 Å². The van der Waals surface area contributed by atoms with Crippen LogP contribution in [0.5, 0.6) is 5.75 Å². The second kappa shape index (κ2) is 9.40. The van der Waals surface area contributed by atoms with Crippen molar-refractivity contribution >= 4 is 5.91 Å². The summed E-state index contributed by atoms with van der Waals surface area (Å²) in [5, 5.41) is 3.03. The third-order valence-electron chi connectivity index (χ3n) is 3.52. The Morgan fingerprint density at radius 3 is 2.45 bits per heavy atom. The summed E-state index contributed by atoms with van der Waals surface area (Å²) in [5.41, 5.74) is 0.693. The predicted octanol–water partition coefficient (Wildman–Crippen LogP) is 4.03. The Morgan fingerprint density at radius 2 is 1.90 bits per heavy atom. The van der Waals surface area contributed by atoms with Gasteiger partial charge in [0.05, 0.1) is 6.61 Å². The van der Waals surface area contributed by atoms with Crippen molar-refractivity contribution in [2.45, 2.75) is 46.5 Å². The highest BCUT2D eigenvalue weighted by Crippen LogP contribution is 2.13. The molecule has 112 valence electrons. The van der Waals surface area contributed by atoms with Crippen LogP contribution in [-0.4, -0.2) is 19.1 Å². The first-order valence-corrected chi connectivity index (χ1v) is 7.72. The Hall–Kier alpha value is -1.51. The molecule has 0 fully saturated rings. The van der Waals surface area contributed by atoms with E-state index in [1.165, 1.54) is 19.3 Å². The summed E-state index contributed by atoms with van der Waals surface area (Å²) in [6.07, 6.45) is 4.75. The first-order chi connectivity index (χ1) is 9.71. The van der Waals surface area contributed by atoms with Gasteiger partial charge in [-0.15, -0.1) is 0 Å². The van der Waals surface area contributed by atoms with Gasteiger partial charge in [-0.25, -0.2) is 0 Å². The minimum atomic E-state index is 0.00277. The van der Waals surface area contributed by atoms with Gasteiger partial charge in [0.25, 0.3) is 5.91 Å². The summed E-state index contributed by atoms with van der Waals surface area (Å²) in [5.74, 6) is 1.39. The molecule has 0 saturated carbocycles. The van der Waals surface area contributed by atoms with Crippen LogP contribution in [0.2, 0.25) is 0 Å². The number of carbonyl (C=O) groups excluding carboxylic acids is 1. The number of nitrogens with one attached hydrogen (secondary N) is 1. The van der Waals surface area contributed by atoms with Crippen LogP contribution in [0, 0.1) is 5.92 Å². The SMILES string of the molecule is CCCC[C@H](CC)CNC(=O)c1ccc(OCC)cc1. The summed E-state index contributed by atoms with van der Waals surface area (Å²) in [4.78, 5) is 12.1. The molecule has 3 nitrogen and oxygen atoms in total. The van der Waals surface area contributed by atoms with E-state index in [-0.39, 0.29) is 5.91 Å². The summed E-state index contributed by atoms with van der Waals surface area (Å²) in [7, 11) is 0. The number of amides is 1. The maximum atomic E-state index is 12.1. The van der Waals surface area contributed by atoms with Crippen LogP contribution in [-0.2, 0) is 0 Å². The van der Waals surface area contributed by atoms with Crippen LogP contribution < -0.4 is 10.1 Å². The molecule has 1 N–H and O–H groups in total. The van der Waals surface area contributed by atoms with E-state index < -0.39 is 0 Å². The second-order valence-electron chi connectivity index (χ2n) is 5.08. The Morgan fingerprint density at radius 1 is 1.20 bits per heavy atom. The molecule has 20 heavy (non-hydrogen) atoms. The van der Waals surface area contributed by atoms with Crippen molar-refractivity contribution in [2.24, 2.45) is 5.92 Å². The van der Waals surface area contributed by atoms with E-state index in [1.807, 2.05) is 31.2 Å². The molecule has 3 heteroatoms. The molecule has 0 aliphatic carbocycles. The Labute approximate surface area is 122 Å². The highest BCUT2D eigenvalue weighted by molar-refractivity contribution is 5.94. The van der Waals surface area contributed by atoms with Gasteiger partial charge in [-0.05, 0) is 43.5 Å². The number of benzene rings is 1. The highest BCUT2D eigenvalue weighted by atomic mass is 16.5. The molecule has 0 aromatic heterocycles. The van der Waals surface area contributed by atoms with Crippen molar-refractivity contribution in [1.29, 1.82) is 0 Å². The van der Waals surface area contributed by atoms with Gasteiger partial charge in [0, 0.05) is 12.1 Å². The van der Waals surface area contributed by atoms with Gasteiger partial charge in [-0.1, -0.05) is 33.1 Å².